The molecule has 3 heteroatoms. The highest BCUT2D eigenvalue weighted by Crippen LogP contribution is 2.25. The predicted molar refractivity (Wildman–Crippen MR) is 59.5 cm³/mol. The number of nitrogens with zero attached hydrogens (tertiary/aromatic N) is 1. The molecule has 0 aliphatic carbocycles. The van der Waals surface area contributed by atoms with Gasteiger partial charge in [0.15, 0.2) is 0 Å². The Labute approximate surface area is 88.1 Å². The van der Waals surface area contributed by atoms with E-state index in [9.17, 15) is 5.11 Å². The summed E-state index contributed by atoms with van der Waals surface area (Å²) < 4.78 is 5.28. The third-order valence-corrected chi connectivity index (χ3v) is 3.22. The van der Waals surface area contributed by atoms with E-state index in [2.05, 4.69) is 18.7 Å². The van der Waals surface area contributed by atoms with Crippen molar-refractivity contribution < 1.29 is 9.84 Å². The molecule has 0 aliphatic heterocycles. The molecule has 1 atom stereocenters. The van der Waals surface area contributed by atoms with Gasteiger partial charge in [-0.1, -0.05) is 13.8 Å². The van der Waals surface area contributed by atoms with Gasteiger partial charge in [0.05, 0.1) is 12.7 Å². The largest absolute Gasteiger partial charge is 0.389 e. The Kier molecular flexibility index (Phi) is 6.33. The lowest BCUT2D eigenvalue weighted by Crippen LogP contribution is -2.54. The molecule has 1 unspecified atom stereocenters. The number of aliphatic hydroxyl groups excluding tert-OH is 1. The summed E-state index contributed by atoms with van der Waals surface area (Å²) in [6, 6.07) is 0. The van der Waals surface area contributed by atoms with E-state index in [0.29, 0.717) is 13.2 Å². The number of likely N-dealkylation sites (N-methyl/N-ethyl adjacent to an activating group) is 1. The van der Waals surface area contributed by atoms with E-state index in [1.807, 2.05) is 21.0 Å². The molecule has 0 aromatic heterocycles. The van der Waals surface area contributed by atoms with Gasteiger partial charge >= 0.3 is 0 Å². The van der Waals surface area contributed by atoms with Crippen molar-refractivity contribution in [3.63, 3.8) is 0 Å². The Balaban J connectivity index is 4.45. The van der Waals surface area contributed by atoms with Gasteiger partial charge in [0, 0.05) is 12.1 Å². The van der Waals surface area contributed by atoms with E-state index in [1.165, 1.54) is 0 Å². The van der Waals surface area contributed by atoms with E-state index in [-0.39, 0.29) is 5.54 Å². The maximum absolute atomic E-state index is 10.1. The van der Waals surface area contributed by atoms with Gasteiger partial charge in [0.25, 0.3) is 0 Å². The summed E-state index contributed by atoms with van der Waals surface area (Å²) in [5.41, 5.74) is -0.144. The van der Waals surface area contributed by atoms with Crippen LogP contribution in [0.2, 0.25) is 0 Å². The minimum atomic E-state index is -0.410. The maximum Gasteiger partial charge on any atom is 0.0956 e. The van der Waals surface area contributed by atoms with Crippen molar-refractivity contribution in [3.05, 3.63) is 0 Å². The Morgan fingerprint density at radius 2 is 1.71 bits per heavy atom. The first-order chi connectivity index (χ1) is 6.55. The number of ether oxygens (including phenoxy) is 1. The number of aliphatic hydroxyl groups is 1. The monoisotopic (exact) mass is 203 g/mol. The number of hydrogen-bond donors (Lipinski definition) is 1. The van der Waals surface area contributed by atoms with Gasteiger partial charge in [-0.3, -0.25) is 0 Å². The topological polar surface area (TPSA) is 32.7 Å². The quantitative estimate of drug-likeness (QED) is 0.680. The van der Waals surface area contributed by atoms with Crippen LogP contribution in [0, 0.1) is 0 Å². The Morgan fingerprint density at radius 1 is 1.21 bits per heavy atom. The molecule has 0 aromatic rings. The number of hydrogen-bond acceptors (Lipinski definition) is 3. The van der Waals surface area contributed by atoms with Crippen molar-refractivity contribution in [2.45, 2.75) is 45.3 Å². The zero-order valence-electron chi connectivity index (χ0n) is 10.2. The van der Waals surface area contributed by atoms with Gasteiger partial charge in [-0.2, -0.15) is 0 Å². The molecule has 0 bridgehead atoms. The highest BCUT2D eigenvalue weighted by molar-refractivity contribution is 4.92. The second kappa shape index (κ2) is 6.38. The van der Waals surface area contributed by atoms with Crippen LogP contribution < -0.4 is 0 Å². The highest BCUT2D eigenvalue weighted by Gasteiger charge is 2.36. The zero-order chi connectivity index (χ0) is 11.2. The lowest BCUT2D eigenvalue weighted by Gasteiger charge is -2.42. The van der Waals surface area contributed by atoms with Crippen LogP contribution in [0.25, 0.3) is 0 Å². The molecule has 0 fully saturated rings. The molecule has 0 saturated carbocycles. The average Bonchev–Trinajstić information content (AvgIpc) is 2.17. The first kappa shape index (κ1) is 13.9. The zero-order valence-corrected chi connectivity index (χ0v) is 10.2. The van der Waals surface area contributed by atoms with Crippen molar-refractivity contribution in [1.29, 1.82) is 0 Å². The van der Waals surface area contributed by atoms with Crippen LogP contribution >= 0.6 is 0 Å². The second-order valence-corrected chi connectivity index (χ2v) is 3.88. The van der Waals surface area contributed by atoms with Crippen LogP contribution in [0.3, 0.4) is 0 Å². The van der Waals surface area contributed by atoms with Gasteiger partial charge in [0.2, 0.25) is 0 Å². The summed E-state index contributed by atoms with van der Waals surface area (Å²) >= 11 is 0. The molecule has 0 saturated heterocycles. The van der Waals surface area contributed by atoms with E-state index in [0.717, 1.165) is 12.8 Å². The lowest BCUT2D eigenvalue weighted by atomic mass is 9.85. The van der Waals surface area contributed by atoms with Crippen LogP contribution in [0.1, 0.15) is 33.6 Å². The number of rotatable bonds is 7. The van der Waals surface area contributed by atoms with Crippen LogP contribution in [-0.2, 0) is 4.74 Å². The van der Waals surface area contributed by atoms with E-state index in [4.69, 9.17) is 4.74 Å². The molecule has 0 heterocycles. The molecule has 86 valence electrons. The minimum absolute atomic E-state index is 0.144. The van der Waals surface area contributed by atoms with Crippen LogP contribution in [0.15, 0.2) is 0 Å². The summed E-state index contributed by atoms with van der Waals surface area (Å²) in [5.74, 6) is 0. The maximum atomic E-state index is 10.1. The van der Waals surface area contributed by atoms with Gasteiger partial charge in [0.1, 0.15) is 0 Å². The van der Waals surface area contributed by atoms with Crippen molar-refractivity contribution >= 4 is 0 Å². The fraction of sp³-hybridized carbons (Fsp3) is 1.00. The summed E-state index contributed by atoms with van der Waals surface area (Å²) in [7, 11) is 4.03. The molecule has 0 aromatic carbocycles. The van der Waals surface area contributed by atoms with Crippen LogP contribution in [0.4, 0.5) is 0 Å². The molecule has 0 rings (SSSR count). The van der Waals surface area contributed by atoms with Crippen molar-refractivity contribution in [2.75, 3.05) is 27.3 Å². The Bertz CT molecular complexity index is 144. The SMILES string of the molecule is CCOCC(O)C(CC)(CC)N(C)C. The summed E-state index contributed by atoms with van der Waals surface area (Å²) in [6.45, 7) is 7.25. The second-order valence-electron chi connectivity index (χ2n) is 3.88. The van der Waals surface area contributed by atoms with E-state index >= 15 is 0 Å². The van der Waals surface area contributed by atoms with Crippen LogP contribution in [0.5, 0.6) is 0 Å². The van der Waals surface area contributed by atoms with E-state index in [1.54, 1.807) is 0 Å². The highest BCUT2D eigenvalue weighted by atomic mass is 16.5. The van der Waals surface area contributed by atoms with Gasteiger partial charge in [-0.25, -0.2) is 0 Å². The van der Waals surface area contributed by atoms with Crippen LogP contribution in [-0.4, -0.2) is 49.0 Å². The molecule has 1 N–H and O–H groups in total. The lowest BCUT2D eigenvalue weighted by molar-refractivity contribution is -0.0595. The third kappa shape index (κ3) is 2.94. The van der Waals surface area contributed by atoms with Gasteiger partial charge < -0.3 is 14.7 Å². The molecule has 14 heavy (non-hydrogen) atoms. The standard InChI is InChI=1S/C11H25NO2/c1-6-11(7-2,12(4)5)10(13)9-14-8-3/h10,13H,6-9H2,1-5H3. The molecular weight excluding hydrogens is 178 g/mol. The Hall–Kier alpha value is -0.120. The first-order valence-electron chi connectivity index (χ1n) is 5.48. The normalized spacial score (nSPS) is 14.8. The first-order valence-corrected chi connectivity index (χ1v) is 5.48. The smallest absolute Gasteiger partial charge is 0.0956 e. The molecular formula is C11H25NO2. The summed E-state index contributed by atoms with van der Waals surface area (Å²) in [4.78, 5) is 2.11. The fourth-order valence-corrected chi connectivity index (χ4v) is 2.04. The molecule has 0 aliphatic rings. The van der Waals surface area contributed by atoms with Crippen molar-refractivity contribution in [3.8, 4) is 0 Å². The summed E-state index contributed by atoms with van der Waals surface area (Å²) in [5, 5.41) is 10.1. The third-order valence-electron chi connectivity index (χ3n) is 3.22. The average molecular weight is 203 g/mol. The molecule has 0 spiro atoms. The minimum Gasteiger partial charge on any atom is -0.389 e. The molecule has 0 radical (unpaired) electrons. The fourth-order valence-electron chi connectivity index (χ4n) is 2.04. The Morgan fingerprint density at radius 3 is 2.00 bits per heavy atom. The molecule has 3 nitrogen and oxygen atoms in total. The van der Waals surface area contributed by atoms with Crippen molar-refractivity contribution in [2.24, 2.45) is 0 Å². The van der Waals surface area contributed by atoms with Crippen molar-refractivity contribution in [1.82, 2.24) is 4.90 Å². The van der Waals surface area contributed by atoms with E-state index < -0.39 is 6.10 Å². The predicted octanol–water partition coefficient (Wildman–Crippen LogP) is 1.50. The van der Waals surface area contributed by atoms with Gasteiger partial charge in [-0.05, 0) is 33.9 Å². The summed E-state index contributed by atoms with van der Waals surface area (Å²) in [6.07, 6.45) is 1.46. The molecule has 0 amide bonds. The van der Waals surface area contributed by atoms with Gasteiger partial charge in [-0.15, -0.1) is 0 Å².